The van der Waals surface area contributed by atoms with E-state index >= 15 is 0 Å². The number of aryl methyl sites for hydroxylation is 1. The average Bonchev–Trinajstić information content (AvgIpc) is 2.64. The molecule has 0 aliphatic heterocycles. The van der Waals surface area contributed by atoms with E-state index in [-0.39, 0.29) is 16.1 Å². The lowest BCUT2D eigenvalue weighted by Gasteiger charge is -2.13. The summed E-state index contributed by atoms with van der Waals surface area (Å²) in [5.74, 6) is -0.927. The summed E-state index contributed by atoms with van der Waals surface area (Å²) in [7, 11) is -3.85. The second-order valence-corrected chi connectivity index (χ2v) is 7.61. The van der Waals surface area contributed by atoms with E-state index in [2.05, 4.69) is 10.0 Å². The molecule has 3 aromatic rings. The minimum atomic E-state index is -3.85. The van der Waals surface area contributed by atoms with Crippen LogP contribution < -0.4 is 10.0 Å². The van der Waals surface area contributed by atoms with Crippen molar-refractivity contribution in [1.82, 2.24) is 0 Å². The second kappa shape index (κ2) is 7.59. The maximum atomic E-state index is 13.0. The van der Waals surface area contributed by atoms with Crippen LogP contribution in [0.2, 0.25) is 0 Å². The van der Waals surface area contributed by atoms with E-state index < -0.39 is 21.7 Å². The Kier molecular flexibility index (Phi) is 5.23. The van der Waals surface area contributed by atoms with Gasteiger partial charge in [-0.05, 0) is 61.0 Å². The number of para-hydroxylation sites is 1. The van der Waals surface area contributed by atoms with Gasteiger partial charge in [0.15, 0.2) is 0 Å². The summed E-state index contributed by atoms with van der Waals surface area (Å²) >= 11 is 0. The van der Waals surface area contributed by atoms with Crippen LogP contribution in [0.15, 0.2) is 77.7 Å². The highest BCUT2D eigenvalue weighted by Crippen LogP contribution is 2.22. The molecule has 5 nitrogen and oxygen atoms in total. The quantitative estimate of drug-likeness (QED) is 0.693. The topological polar surface area (TPSA) is 75.3 Å². The van der Waals surface area contributed by atoms with E-state index in [0.29, 0.717) is 5.69 Å². The molecule has 0 saturated heterocycles. The van der Waals surface area contributed by atoms with E-state index in [1.54, 1.807) is 37.3 Å². The van der Waals surface area contributed by atoms with Crippen molar-refractivity contribution in [3.05, 3.63) is 89.7 Å². The number of carbonyl (C=O) groups excluding carboxylic acids is 1. The number of anilines is 2. The first-order chi connectivity index (χ1) is 12.8. The minimum Gasteiger partial charge on any atom is -0.322 e. The van der Waals surface area contributed by atoms with E-state index in [9.17, 15) is 17.6 Å². The summed E-state index contributed by atoms with van der Waals surface area (Å²) in [4.78, 5) is 12.7. The lowest BCUT2D eigenvalue weighted by atomic mass is 10.1. The maximum Gasteiger partial charge on any atom is 0.261 e. The van der Waals surface area contributed by atoms with Crippen molar-refractivity contribution in [1.29, 1.82) is 0 Å². The Morgan fingerprint density at radius 2 is 1.63 bits per heavy atom. The summed E-state index contributed by atoms with van der Waals surface area (Å²) < 4.78 is 40.7. The number of hydrogen-bond donors (Lipinski definition) is 2. The third-order valence-electron chi connectivity index (χ3n) is 3.82. The Morgan fingerprint density at radius 1 is 0.926 bits per heavy atom. The molecule has 27 heavy (non-hydrogen) atoms. The molecule has 0 radical (unpaired) electrons. The molecule has 7 heteroatoms. The van der Waals surface area contributed by atoms with Crippen LogP contribution in [0.5, 0.6) is 0 Å². The average molecular weight is 384 g/mol. The molecule has 0 spiro atoms. The summed E-state index contributed by atoms with van der Waals surface area (Å²) in [5, 5.41) is 2.62. The van der Waals surface area contributed by atoms with Gasteiger partial charge < -0.3 is 5.32 Å². The van der Waals surface area contributed by atoms with Gasteiger partial charge in [-0.2, -0.15) is 0 Å². The minimum absolute atomic E-state index is 0.108. The van der Waals surface area contributed by atoms with Crippen LogP contribution in [-0.2, 0) is 10.0 Å². The van der Waals surface area contributed by atoms with Gasteiger partial charge in [0.2, 0.25) is 0 Å². The predicted molar refractivity (Wildman–Crippen MR) is 103 cm³/mol. The molecule has 0 fully saturated rings. The third-order valence-corrected chi connectivity index (χ3v) is 5.18. The Hall–Kier alpha value is -3.19. The van der Waals surface area contributed by atoms with Crippen LogP contribution in [0, 0.1) is 12.7 Å². The Morgan fingerprint density at radius 3 is 2.33 bits per heavy atom. The van der Waals surface area contributed by atoms with Crippen LogP contribution in [0.4, 0.5) is 15.8 Å². The van der Waals surface area contributed by atoms with Crippen molar-refractivity contribution < 1.29 is 17.6 Å². The molecule has 0 atom stereocenters. The first kappa shape index (κ1) is 18.6. The summed E-state index contributed by atoms with van der Waals surface area (Å²) in [5.41, 5.74) is 1.51. The number of amides is 1. The fourth-order valence-corrected chi connectivity index (χ4v) is 3.67. The van der Waals surface area contributed by atoms with E-state index in [1.165, 1.54) is 42.5 Å². The standard InChI is InChI=1S/C20H17FN2O3S/c1-14-5-4-6-17(13-14)27(25,26)23-19-8-3-2-7-18(19)20(24)22-16-11-9-15(21)10-12-16/h2-13,23H,1H3,(H,22,24). The molecular formula is C20H17FN2O3S. The number of hydrogen-bond acceptors (Lipinski definition) is 3. The van der Waals surface area contributed by atoms with Gasteiger partial charge in [-0.25, -0.2) is 12.8 Å². The van der Waals surface area contributed by atoms with Gasteiger partial charge in [-0.1, -0.05) is 24.3 Å². The molecule has 2 N–H and O–H groups in total. The van der Waals surface area contributed by atoms with Crippen molar-refractivity contribution >= 4 is 27.3 Å². The number of rotatable bonds is 5. The molecule has 0 unspecified atom stereocenters. The molecule has 1 amide bonds. The van der Waals surface area contributed by atoms with Crippen LogP contribution in [0.3, 0.4) is 0 Å². The molecule has 0 aromatic heterocycles. The zero-order valence-corrected chi connectivity index (χ0v) is 15.3. The number of sulfonamides is 1. The zero-order chi connectivity index (χ0) is 19.4. The highest BCUT2D eigenvalue weighted by atomic mass is 32.2. The monoisotopic (exact) mass is 384 g/mol. The summed E-state index contributed by atoms with van der Waals surface area (Å²) in [6.07, 6.45) is 0. The van der Waals surface area contributed by atoms with Crippen molar-refractivity contribution in [2.24, 2.45) is 0 Å². The van der Waals surface area contributed by atoms with Gasteiger partial charge in [-0.3, -0.25) is 9.52 Å². The number of benzene rings is 3. The second-order valence-electron chi connectivity index (χ2n) is 5.93. The van der Waals surface area contributed by atoms with Gasteiger partial charge in [0.05, 0.1) is 16.1 Å². The van der Waals surface area contributed by atoms with Crippen molar-refractivity contribution in [3.63, 3.8) is 0 Å². The number of nitrogens with one attached hydrogen (secondary N) is 2. The molecule has 0 saturated carbocycles. The van der Waals surface area contributed by atoms with Gasteiger partial charge in [0, 0.05) is 5.69 Å². The highest BCUT2D eigenvalue weighted by Gasteiger charge is 2.18. The van der Waals surface area contributed by atoms with Crippen LogP contribution in [-0.4, -0.2) is 14.3 Å². The smallest absolute Gasteiger partial charge is 0.261 e. The molecule has 0 heterocycles. The molecule has 0 bridgehead atoms. The Balaban J connectivity index is 1.87. The van der Waals surface area contributed by atoms with Crippen molar-refractivity contribution in [2.45, 2.75) is 11.8 Å². The summed E-state index contributed by atoms with van der Waals surface area (Å²) in [6, 6.07) is 18.0. The normalized spacial score (nSPS) is 11.0. The predicted octanol–water partition coefficient (Wildman–Crippen LogP) is 4.19. The Labute approximate surface area is 156 Å². The SMILES string of the molecule is Cc1cccc(S(=O)(=O)Nc2ccccc2C(=O)Nc2ccc(F)cc2)c1. The van der Waals surface area contributed by atoms with Gasteiger partial charge in [-0.15, -0.1) is 0 Å². The number of carbonyl (C=O) groups is 1. The van der Waals surface area contributed by atoms with Crippen LogP contribution in [0.25, 0.3) is 0 Å². The Bertz CT molecular complexity index is 1080. The number of halogens is 1. The largest absolute Gasteiger partial charge is 0.322 e. The van der Waals surface area contributed by atoms with E-state index in [0.717, 1.165) is 5.56 Å². The van der Waals surface area contributed by atoms with E-state index in [1.807, 2.05) is 0 Å². The highest BCUT2D eigenvalue weighted by molar-refractivity contribution is 7.92. The van der Waals surface area contributed by atoms with Gasteiger partial charge in [0.25, 0.3) is 15.9 Å². The summed E-state index contributed by atoms with van der Waals surface area (Å²) in [6.45, 7) is 1.79. The molecule has 0 aliphatic rings. The molecule has 138 valence electrons. The third kappa shape index (κ3) is 4.51. The van der Waals surface area contributed by atoms with Crippen molar-refractivity contribution in [2.75, 3.05) is 10.0 Å². The van der Waals surface area contributed by atoms with Crippen LogP contribution in [0.1, 0.15) is 15.9 Å². The first-order valence-corrected chi connectivity index (χ1v) is 9.59. The molecule has 3 aromatic carbocycles. The fourth-order valence-electron chi connectivity index (χ4n) is 2.49. The molecule has 3 rings (SSSR count). The van der Waals surface area contributed by atoms with Gasteiger partial charge in [0.1, 0.15) is 5.82 Å². The van der Waals surface area contributed by atoms with E-state index in [4.69, 9.17) is 0 Å². The fraction of sp³-hybridized carbons (Fsp3) is 0.0500. The first-order valence-electron chi connectivity index (χ1n) is 8.10. The van der Waals surface area contributed by atoms with Crippen molar-refractivity contribution in [3.8, 4) is 0 Å². The lowest BCUT2D eigenvalue weighted by Crippen LogP contribution is -2.18. The maximum absolute atomic E-state index is 13.0. The molecule has 0 aliphatic carbocycles. The lowest BCUT2D eigenvalue weighted by molar-refractivity contribution is 0.102. The zero-order valence-electron chi connectivity index (χ0n) is 14.4. The van der Waals surface area contributed by atoms with Gasteiger partial charge >= 0.3 is 0 Å². The molecular weight excluding hydrogens is 367 g/mol. The van der Waals surface area contributed by atoms with Crippen LogP contribution >= 0.6 is 0 Å².